The van der Waals surface area contributed by atoms with Crippen LogP contribution in [-0.4, -0.2) is 25.7 Å². The Morgan fingerprint density at radius 3 is 2.42 bits per heavy atom. The van der Waals surface area contributed by atoms with Crippen LogP contribution in [0.25, 0.3) is 0 Å². The molecule has 1 heterocycles. The molecule has 0 atom stereocenters. The second-order valence-corrected chi connectivity index (χ2v) is 5.84. The third-order valence-corrected chi connectivity index (χ3v) is 4.15. The number of hydrogen-bond acceptors (Lipinski definition) is 3. The summed E-state index contributed by atoms with van der Waals surface area (Å²) in [5, 5.41) is 0. The van der Waals surface area contributed by atoms with Gasteiger partial charge in [0.25, 0.3) is 0 Å². The molecule has 3 rings (SSSR count). The molecule has 0 N–H and O–H groups in total. The molecular weight excluding hydrogens is 302 g/mol. The first kappa shape index (κ1) is 16.4. The zero-order valence-electron chi connectivity index (χ0n) is 14.0. The number of ether oxygens (including phenoxy) is 2. The number of nitrogens with zero attached hydrogens (tertiary/aromatic N) is 1. The van der Waals surface area contributed by atoms with E-state index in [2.05, 4.69) is 19.1 Å². The summed E-state index contributed by atoms with van der Waals surface area (Å²) in [4.78, 5) is 13.6. The maximum atomic E-state index is 11.7. The molecule has 0 spiro atoms. The molecule has 2 aromatic rings. The molecule has 0 aromatic heterocycles. The fraction of sp³-hybridized carbons (Fsp3) is 0.350. The molecule has 0 bridgehead atoms. The van der Waals surface area contributed by atoms with Crippen molar-refractivity contribution in [2.75, 3.05) is 24.7 Å². The number of hydrogen-bond donors (Lipinski definition) is 0. The van der Waals surface area contributed by atoms with Gasteiger partial charge in [0, 0.05) is 18.7 Å². The van der Waals surface area contributed by atoms with Crippen LogP contribution in [-0.2, 0) is 11.2 Å². The maximum absolute atomic E-state index is 11.7. The highest BCUT2D eigenvalue weighted by Crippen LogP contribution is 2.23. The van der Waals surface area contributed by atoms with E-state index in [9.17, 15) is 4.79 Å². The molecule has 1 amide bonds. The van der Waals surface area contributed by atoms with Crippen LogP contribution in [0, 0.1) is 0 Å². The summed E-state index contributed by atoms with van der Waals surface area (Å²) < 4.78 is 11.4. The summed E-state index contributed by atoms with van der Waals surface area (Å²) in [6.07, 6.45) is 2.59. The molecule has 126 valence electrons. The van der Waals surface area contributed by atoms with E-state index >= 15 is 0 Å². The average molecular weight is 325 g/mol. The molecule has 1 fully saturated rings. The number of carbonyl (C=O) groups excluding carboxylic acids is 1. The van der Waals surface area contributed by atoms with Crippen LogP contribution in [0.4, 0.5) is 5.69 Å². The molecule has 0 saturated carbocycles. The standard InChI is InChI=1S/C20H23NO3/c1-2-16-5-3-6-19(15-16)24-14-13-23-18-10-8-17(9-11-18)21-12-4-7-20(21)22/h3,5-6,8-11,15H,2,4,7,12-14H2,1H3. The Balaban J connectivity index is 1.45. The van der Waals surface area contributed by atoms with Crippen LogP contribution in [0.2, 0.25) is 0 Å². The van der Waals surface area contributed by atoms with Crippen molar-refractivity contribution in [1.29, 1.82) is 0 Å². The number of aryl methyl sites for hydroxylation is 1. The van der Waals surface area contributed by atoms with Gasteiger partial charge in [0.15, 0.2) is 0 Å². The van der Waals surface area contributed by atoms with Crippen molar-refractivity contribution < 1.29 is 14.3 Å². The Bertz CT molecular complexity index is 682. The van der Waals surface area contributed by atoms with Gasteiger partial charge in [0.1, 0.15) is 24.7 Å². The third-order valence-electron chi connectivity index (χ3n) is 4.15. The topological polar surface area (TPSA) is 38.8 Å². The van der Waals surface area contributed by atoms with Gasteiger partial charge in [-0.15, -0.1) is 0 Å². The summed E-state index contributed by atoms with van der Waals surface area (Å²) >= 11 is 0. The van der Waals surface area contributed by atoms with Crippen molar-refractivity contribution in [3.05, 3.63) is 54.1 Å². The monoisotopic (exact) mass is 325 g/mol. The molecule has 2 aromatic carbocycles. The predicted molar refractivity (Wildman–Crippen MR) is 94.8 cm³/mol. The van der Waals surface area contributed by atoms with Gasteiger partial charge in [0.05, 0.1) is 0 Å². The van der Waals surface area contributed by atoms with Crippen molar-refractivity contribution in [1.82, 2.24) is 0 Å². The Labute approximate surface area is 143 Å². The lowest BCUT2D eigenvalue weighted by molar-refractivity contribution is -0.117. The SMILES string of the molecule is CCc1cccc(OCCOc2ccc(N3CCCC3=O)cc2)c1. The summed E-state index contributed by atoms with van der Waals surface area (Å²) in [6.45, 7) is 3.92. The van der Waals surface area contributed by atoms with E-state index in [4.69, 9.17) is 9.47 Å². The molecule has 4 nitrogen and oxygen atoms in total. The van der Waals surface area contributed by atoms with E-state index in [1.807, 2.05) is 41.3 Å². The molecule has 0 unspecified atom stereocenters. The van der Waals surface area contributed by atoms with Crippen LogP contribution in [0.15, 0.2) is 48.5 Å². The minimum atomic E-state index is 0.200. The Morgan fingerprint density at radius 2 is 1.75 bits per heavy atom. The van der Waals surface area contributed by atoms with Gasteiger partial charge >= 0.3 is 0 Å². The molecule has 1 saturated heterocycles. The summed E-state index contributed by atoms with van der Waals surface area (Å²) in [7, 11) is 0. The van der Waals surface area contributed by atoms with Crippen LogP contribution in [0.5, 0.6) is 11.5 Å². The number of carbonyl (C=O) groups is 1. The van der Waals surface area contributed by atoms with Gasteiger partial charge in [-0.05, 0) is 54.8 Å². The lowest BCUT2D eigenvalue weighted by Crippen LogP contribution is -2.23. The average Bonchev–Trinajstić information content (AvgIpc) is 3.05. The molecule has 0 aliphatic carbocycles. The minimum absolute atomic E-state index is 0.200. The van der Waals surface area contributed by atoms with Crippen molar-refractivity contribution >= 4 is 11.6 Å². The minimum Gasteiger partial charge on any atom is -0.490 e. The van der Waals surface area contributed by atoms with Crippen molar-refractivity contribution in [3.8, 4) is 11.5 Å². The second-order valence-electron chi connectivity index (χ2n) is 5.84. The van der Waals surface area contributed by atoms with E-state index < -0.39 is 0 Å². The van der Waals surface area contributed by atoms with Crippen molar-refractivity contribution in [2.24, 2.45) is 0 Å². The lowest BCUT2D eigenvalue weighted by Gasteiger charge is -2.16. The van der Waals surface area contributed by atoms with Crippen molar-refractivity contribution in [3.63, 3.8) is 0 Å². The third kappa shape index (κ3) is 4.07. The molecule has 4 heteroatoms. The first-order valence-corrected chi connectivity index (χ1v) is 8.51. The van der Waals surface area contributed by atoms with Gasteiger partial charge in [0.2, 0.25) is 5.91 Å². The first-order valence-electron chi connectivity index (χ1n) is 8.51. The van der Waals surface area contributed by atoms with E-state index in [1.54, 1.807) is 0 Å². The normalized spacial score (nSPS) is 14.0. The predicted octanol–water partition coefficient (Wildman–Crippen LogP) is 3.83. The molecular formula is C20H23NO3. The maximum Gasteiger partial charge on any atom is 0.227 e. The van der Waals surface area contributed by atoms with Crippen LogP contribution >= 0.6 is 0 Å². The van der Waals surface area contributed by atoms with E-state index in [0.29, 0.717) is 19.6 Å². The molecule has 0 radical (unpaired) electrons. The zero-order valence-corrected chi connectivity index (χ0v) is 14.0. The quantitative estimate of drug-likeness (QED) is 0.726. The highest BCUT2D eigenvalue weighted by Gasteiger charge is 2.21. The number of benzene rings is 2. The van der Waals surface area contributed by atoms with Gasteiger partial charge in [-0.2, -0.15) is 0 Å². The van der Waals surface area contributed by atoms with Gasteiger partial charge < -0.3 is 14.4 Å². The number of anilines is 1. The Kier molecular flexibility index (Phi) is 5.36. The Hall–Kier alpha value is -2.49. The Morgan fingerprint density at radius 1 is 1.00 bits per heavy atom. The first-order chi connectivity index (χ1) is 11.8. The van der Waals surface area contributed by atoms with E-state index in [-0.39, 0.29) is 5.91 Å². The van der Waals surface area contributed by atoms with Gasteiger partial charge in [-0.25, -0.2) is 0 Å². The largest absolute Gasteiger partial charge is 0.490 e. The highest BCUT2D eigenvalue weighted by molar-refractivity contribution is 5.95. The number of amides is 1. The van der Waals surface area contributed by atoms with Gasteiger partial charge in [-0.3, -0.25) is 4.79 Å². The summed E-state index contributed by atoms with van der Waals surface area (Å²) in [6, 6.07) is 15.8. The fourth-order valence-corrected chi connectivity index (χ4v) is 2.82. The van der Waals surface area contributed by atoms with Crippen LogP contribution < -0.4 is 14.4 Å². The molecule has 1 aliphatic rings. The zero-order chi connectivity index (χ0) is 16.8. The smallest absolute Gasteiger partial charge is 0.227 e. The molecule has 24 heavy (non-hydrogen) atoms. The van der Waals surface area contributed by atoms with E-state index in [0.717, 1.165) is 36.6 Å². The van der Waals surface area contributed by atoms with E-state index in [1.165, 1.54) is 5.56 Å². The highest BCUT2D eigenvalue weighted by atomic mass is 16.5. The fourth-order valence-electron chi connectivity index (χ4n) is 2.82. The van der Waals surface area contributed by atoms with Gasteiger partial charge in [-0.1, -0.05) is 19.1 Å². The number of rotatable bonds is 7. The lowest BCUT2D eigenvalue weighted by atomic mass is 10.2. The second kappa shape index (κ2) is 7.86. The van der Waals surface area contributed by atoms with Crippen LogP contribution in [0.3, 0.4) is 0 Å². The van der Waals surface area contributed by atoms with Crippen molar-refractivity contribution in [2.45, 2.75) is 26.2 Å². The summed E-state index contributed by atoms with van der Waals surface area (Å²) in [5.41, 5.74) is 2.21. The van der Waals surface area contributed by atoms with Crippen LogP contribution in [0.1, 0.15) is 25.3 Å². The molecule has 1 aliphatic heterocycles. The summed E-state index contributed by atoms with van der Waals surface area (Å²) in [5.74, 6) is 1.86.